The van der Waals surface area contributed by atoms with Crippen molar-refractivity contribution < 1.29 is 8.76 Å². The third-order valence-electron chi connectivity index (χ3n) is 3.37. The number of hydrogen-bond donors (Lipinski definition) is 1. The van der Waals surface area contributed by atoms with Gasteiger partial charge < -0.3 is 9.45 Å². The van der Waals surface area contributed by atoms with E-state index in [1.54, 1.807) is 6.07 Å². The highest BCUT2D eigenvalue weighted by atomic mass is 32.2. The zero-order chi connectivity index (χ0) is 15.4. The van der Waals surface area contributed by atoms with Crippen LogP contribution in [0.5, 0.6) is 0 Å². The monoisotopic (exact) mass is 304 g/mol. The number of azide groups is 1. The van der Waals surface area contributed by atoms with Crippen molar-refractivity contribution in [2.45, 2.75) is 6.04 Å². The van der Waals surface area contributed by atoms with Gasteiger partial charge in [-0.2, -0.15) is 0 Å². The van der Waals surface area contributed by atoms with E-state index in [0.29, 0.717) is 5.69 Å². The van der Waals surface area contributed by atoms with Crippen LogP contribution in [-0.4, -0.2) is 33.5 Å². The standard InChI is InChI=1S/C14H16N4O2S/c1-18(2)14(9-21(19)20)12-7-3-6-11-10(12)5-4-8-13(11)16-17-15/h3-8,14H,9H2,1-2H3,(H,19,20). The highest BCUT2D eigenvalue weighted by molar-refractivity contribution is 7.79. The van der Waals surface area contributed by atoms with Crippen molar-refractivity contribution in [3.8, 4) is 0 Å². The van der Waals surface area contributed by atoms with E-state index < -0.39 is 11.1 Å². The number of rotatable bonds is 5. The minimum absolute atomic E-state index is 0.123. The minimum Gasteiger partial charge on any atom is -0.306 e. The van der Waals surface area contributed by atoms with Gasteiger partial charge in [0.15, 0.2) is 11.1 Å². The summed E-state index contributed by atoms with van der Waals surface area (Å²) in [5.41, 5.74) is 10.1. The van der Waals surface area contributed by atoms with Crippen molar-refractivity contribution in [3.05, 3.63) is 52.4 Å². The fourth-order valence-corrected chi connectivity index (χ4v) is 3.14. The van der Waals surface area contributed by atoms with Crippen LogP contribution in [0.25, 0.3) is 21.2 Å². The molecule has 0 amide bonds. The van der Waals surface area contributed by atoms with Crippen molar-refractivity contribution in [2.24, 2.45) is 5.11 Å². The van der Waals surface area contributed by atoms with Crippen LogP contribution in [-0.2, 0) is 11.1 Å². The Morgan fingerprint density at radius 3 is 2.57 bits per heavy atom. The molecule has 0 spiro atoms. The van der Waals surface area contributed by atoms with Gasteiger partial charge in [0, 0.05) is 16.6 Å². The molecule has 0 aliphatic rings. The molecule has 2 unspecified atom stereocenters. The second-order valence-electron chi connectivity index (χ2n) is 4.88. The largest absolute Gasteiger partial charge is 0.306 e. The summed E-state index contributed by atoms with van der Waals surface area (Å²) in [4.78, 5) is 4.75. The van der Waals surface area contributed by atoms with Gasteiger partial charge in [-0.3, -0.25) is 0 Å². The summed E-state index contributed by atoms with van der Waals surface area (Å²) in [6.45, 7) is 0. The molecule has 0 radical (unpaired) electrons. The van der Waals surface area contributed by atoms with Crippen molar-refractivity contribution >= 4 is 27.5 Å². The molecule has 110 valence electrons. The van der Waals surface area contributed by atoms with Gasteiger partial charge in [-0.05, 0) is 36.0 Å². The molecule has 0 fully saturated rings. The number of benzene rings is 2. The Bertz CT molecular complexity index is 726. The molecule has 6 nitrogen and oxygen atoms in total. The third kappa shape index (κ3) is 3.40. The molecule has 0 heterocycles. The van der Waals surface area contributed by atoms with Gasteiger partial charge in [0.2, 0.25) is 0 Å². The molecule has 0 bridgehead atoms. The second kappa shape index (κ2) is 6.69. The summed E-state index contributed by atoms with van der Waals surface area (Å²) >= 11 is -1.89. The first-order valence-corrected chi connectivity index (χ1v) is 7.62. The normalized spacial score (nSPS) is 13.9. The first-order valence-electron chi connectivity index (χ1n) is 6.35. The highest BCUT2D eigenvalue weighted by Gasteiger charge is 2.19. The Morgan fingerprint density at radius 2 is 1.95 bits per heavy atom. The summed E-state index contributed by atoms with van der Waals surface area (Å²) in [5, 5.41) is 5.46. The topological polar surface area (TPSA) is 89.3 Å². The fraction of sp³-hybridized carbons (Fsp3) is 0.286. The Labute approximate surface area is 125 Å². The lowest BCUT2D eigenvalue weighted by molar-refractivity contribution is 0.323. The zero-order valence-electron chi connectivity index (χ0n) is 11.8. The number of hydrogen-bond acceptors (Lipinski definition) is 3. The minimum atomic E-state index is -1.89. The average Bonchev–Trinajstić information content (AvgIpc) is 2.44. The van der Waals surface area contributed by atoms with Crippen LogP contribution < -0.4 is 0 Å². The van der Waals surface area contributed by atoms with Crippen molar-refractivity contribution in [1.82, 2.24) is 4.90 Å². The molecule has 0 aromatic heterocycles. The molecule has 2 atom stereocenters. The van der Waals surface area contributed by atoms with Crippen LogP contribution in [0.2, 0.25) is 0 Å². The van der Waals surface area contributed by atoms with E-state index >= 15 is 0 Å². The molecular formula is C14H16N4O2S. The second-order valence-corrected chi connectivity index (χ2v) is 5.85. The number of fused-ring (bicyclic) bond motifs is 1. The average molecular weight is 304 g/mol. The summed E-state index contributed by atoms with van der Waals surface area (Å²) in [7, 11) is 3.74. The predicted octanol–water partition coefficient (Wildman–Crippen LogP) is 3.61. The predicted molar refractivity (Wildman–Crippen MR) is 84.8 cm³/mol. The zero-order valence-corrected chi connectivity index (χ0v) is 12.6. The van der Waals surface area contributed by atoms with E-state index in [-0.39, 0.29) is 11.8 Å². The van der Waals surface area contributed by atoms with E-state index in [9.17, 15) is 8.76 Å². The summed E-state index contributed by atoms with van der Waals surface area (Å²) in [6, 6.07) is 11.0. The lowest BCUT2D eigenvalue weighted by Gasteiger charge is -2.25. The lowest BCUT2D eigenvalue weighted by Crippen LogP contribution is -2.25. The van der Waals surface area contributed by atoms with E-state index in [4.69, 9.17) is 5.53 Å². The van der Waals surface area contributed by atoms with Gasteiger partial charge in [-0.1, -0.05) is 41.5 Å². The van der Waals surface area contributed by atoms with E-state index in [1.165, 1.54) is 0 Å². The molecule has 2 aromatic carbocycles. The first kappa shape index (κ1) is 15.5. The summed E-state index contributed by atoms with van der Waals surface area (Å²) in [5.74, 6) is 0.123. The van der Waals surface area contributed by atoms with Crippen LogP contribution in [0.1, 0.15) is 11.6 Å². The van der Waals surface area contributed by atoms with Crippen LogP contribution in [0.15, 0.2) is 41.5 Å². The van der Waals surface area contributed by atoms with Crippen molar-refractivity contribution in [3.63, 3.8) is 0 Å². The molecule has 7 heteroatoms. The molecule has 21 heavy (non-hydrogen) atoms. The van der Waals surface area contributed by atoms with Crippen molar-refractivity contribution in [1.29, 1.82) is 0 Å². The maximum atomic E-state index is 11.2. The molecule has 1 N–H and O–H groups in total. The quantitative estimate of drug-likeness (QED) is 0.396. The van der Waals surface area contributed by atoms with Gasteiger partial charge in [0.1, 0.15) is 0 Å². The Morgan fingerprint density at radius 1 is 1.29 bits per heavy atom. The van der Waals surface area contributed by atoms with Gasteiger partial charge >= 0.3 is 0 Å². The van der Waals surface area contributed by atoms with Gasteiger partial charge in [0.25, 0.3) is 0 Å². The van der Waals surface area contributed by atoms with Crippen LogP contribution in [0.4, 0.5) is 5.69 Å². The Kier molecular flexibility index (Phi) is 4.93. The molecule has 0 saturated carbocycles. The summed E-state index contributed by atoms with van der Waals surface area (Å²) in [6.07, 6.45) is 0. The van der Waals surface area contributed by atoms with Gasteiger partial charge in [-0.25, -0.2) is 4.21 Å². The van der Waals surface area contributed by atoms with E-state index in [2.05, 4.69) is 10.0 Å². The van der Waals surface area contributed by atoms with Crippen LogP contribution in [0.3, 0.4) is 0 Å². The van der Waals surface area contributed by atoms with Crippen LogP contribution >= 0.6 is 0 Å². The Balaban J connectivity index is 2.65. The lowest BCUT2D eigenvalue weighted by atomic mass is 9.98. The Hall–Kier alpha value is -1.92. The van der Waals surface area contributed by atoms with E-state index in [1.807, 2.05) is 49.3 Å². The molecule has 2 aromatic rings. The van der Waals surface area contributed by atoms with Crippen LogP contribution in [0, 0.1) is 0 Å². The van der Waals surface area contributed by atoms with Gasteiger partial charge in [0.05, 0.1) is 5.75 Å². The first-order chi connectivity index (χ1) is 10.0. The van der Waals surface area contributed by atoms with E-state index in [0.717, 1.165) is 16.3 Å². The molecule has 0 aliphatic heterocycles. The molecule has 2 rings (SSSR count). The third-order valence-corrected chi connectivity index (χ3v) is 3.97. The SMILES string of the molecule is CN(C)C(CS(=O)O)c1cccc2c(N=[N+]=[N-])cccc12. The molecule has 0 saturated heterocycles. The van der Waals surface area contributed by atoms with Crippen molar-refractivity contribution in [2.75, 3.05) is 19.8 Å². The molecular weight excluding hydrogens is 288 g/mol. The molecule has 0 aliphatic carbocycles. The fourth-order valence-electron chi connectivity index (χ4n) is 2.40. The summed E-state index contributed by atoms with van der Waals surface area (Å²) < 4.78 is 20.4. The van der Waals surface area contributed by atoms with Gasteiger partial charge in [-0.15, -0.1) is 0 Å². The number of nitrogens with zero attached hydrogens (tertiary/aromatic N) is 4. The maximum Gasteiger partial charge on any atom is 0.154 e. The highest BCUT2D eigenvalue weighted by Crippen LogP contribution is 2.32. The maximum absolute atomic E-state index is 11.2. The smallest absolute Gasteiger partial charge is 0.154 e.